The van der Waals surface area contributed by atoms with E-state index in [0.717, 1.165) is 31.5 Å². The Hall–Kier alpha value is -0.120. The minimum absolute atomic E-state index is 0.256. The van der Waals surface area contributed by atoms with E-state index in [-0.39, 0.29) is 12.6 Å². The molecule has 1 fully saturated rings. The molecule has 0 saturated carbocycles. The standard InChI is InChI=1S/C12H26N2O/c1-4-13-12(9-15)5-6-14-8-10(2)7-11(14)3/h10-13,15H,4-9H2,1-3H3. The van der Waals surface area contributed by atoms with Gasteiger partial charge in [-0.05, 0) is 38.8 Å². The maximum Gasteiger partial charge on any atom is 0.0585 e. The van der Waals surface area contributed by atoms with Crippen molar-refractivity contribution in [1.82, 2.24) is 10.2 Å². The Kier molecular flexibility index (Phi) is 5.58. The Balaban J connectivity index is 2.23. The smallest absolute Gasteiger partial charge is 0.0585 e. The van der Waals surface area contributed by atoms with E-state index in [0.29, 0.717) is 0 Å². The number of nitrogens with one attached hydrogen (secondary N) is 1. The van der Waals surface area contributed by atoms with Gasteiger partial charge in [-0.2, -0.15) is 0 Å². The highest BCUT2D eigenvalue weighted by Gasteiger charge is 2.25. The molecule has 0 aliphatic carbocycles. The number of hydrogen-bond donors (Lipinski definition) is 2. The lowest BCUT2D eigenvalue weighted by Crippen LogP contribution is -2.37. The fraction of sp³-hybridized carbons (Fsp3) is 1.00. The molecule has 0 radical (unpaired) electrons. The summed E-state index contributed by atoms with van der Waals surface area (Å²) in [7, 11) is 0. The first kappa shape index (κ1) is 12.9. The molecule has 2 N–H and O–H groups in total. The first-order chi connectivity index (χ1) is 7.17. The Morgan fingerprint density at radius 2 is 2.20 bits per heavy atom. The third-order valence-corrected chi connectivity index (χ3v) is 3.39. The minimum atomic E-state index is 0.256. The van der Waals surface area contributed by atoms with Crippen LogP contribution in [0.15, 0.2) is 0 Å². The van der Waals surface area contributed by atoms with Crippen molar-refractivity contribution >= 4 is 0 Å². The van der Waals surface area contributed by atoms with Gasteiger partial charge in [-0.1, -0.05) is 13.8 Å². The van der Waals surface area contributed by atoms with Crippen LogP contribution in [-0.4, -0.2) is 48.3 Å². The lowest BCUT2D eigenvalue weighted by molar-refractivity contribution is 0.202. The molecule has 0 aromatic rings. The summed E-state index contributed by atoms with van der Waals surface area (Å²) in [5, 5.41) is 12.5. The molecular formula is C12H26N2O. The SMILES string of the molecule is CCNC(CO)CCN1CC(C)CC1C. The van der Waals surface area contributed by atoms with E-state index < -0.39 is 0 Å². The number of nitrogens with zero attached hydrogens (tertiary/aromatic N) is 1. The van der Waals surface area contributed by atoms with Crippen molar-refractivity contribution in [3.63, 3.8) is 0 Å². The molecule has 0 spiro atoms. The van der Waals surface area contributed by atoms with E-state index in [1.807, 2.05) is 0 Å². The number of hydrogen-bond acceptors (Lipinski definition) is 3. The highest BCUT2D eigenvalue weighted by atomic mass is 16.3. The summed E-state index contributed by atoms with van der Waals surface area (Å²) in [6.45, 7) is 10.3. The number of aliphatic hydroxyl groups is 1. The maximum atomic E-state index is 9.17. The van der Waals surface area contributed by atoms with Gasteiger partial charge < -0.3 is 15.3 Å². The van der Waals surface area contributed by atoms with Crippen LogP contribution >= 0.6 is 0 Å². The summed E-state index contributed by atoms with van der Waals surface area (Å²) in [5.74, 6) is 0.840. The van der Waals surface area contributed by atoms with Gasteiger partial charge in [0.25, 0.3) is 0 Å². The normalized spacial score (nSPS) is 29.6. The highest BCUT2D eigenvalue weighted by molar-refractivity contribution is 4.81. The van der Waals surface area contributed by atoms with Crippen LogP contribution in [0.4, 0.5) is 0 Å². The number of rotatable bonds is 6. The molecule has 0 aromatic carbocycles. The van der Waals surface area contributed by atoms with Crippen LogP contribution in [-0.2, 0) is 0 Å². The summed E-state index contributed by atoms with van der Waals surface area (Å²) in [6, 6.07) is 0.999. The van der Waals surface area contributed by atoms with Crippen LogP contribution in [0.2, 0.25) is 0 Å². The Labute approximate surface area is 93.9 Å². The van der Waals surface area contributed by atoms with E-state index >= 15 is 0 Å². The zero-order valence-corrected chi connectivity index (χ0v) is 10.4. The molecule has 3 heteroatoms. The van der Waals surface area contributed by atoms with Crippen molar-refractivity contribution in [2.45, 2.75) is 45.7 Å². The summed E-state index contributed by atoms with van der Waals surface area (Å²) < 4.78 is 0. The quantitative estimate of drug-likeness (QED) is 0.694. The van der Waals surface area contributed by atoms with E-state index in [2.05, 4.69) is 31.0 Å². The van der Waals surface area contributed by atoms with E-state index in [1.54, 1.807) is 0 Å². The van der Waals surface area contributed by atoms with Gasteiger partial charge in [0.15, 0.2) is 0 Å². The predicted molar refractivity (Wildman–Crippen MR) is 64.0 cm³/mol. The molecule has 0 bridgehead atoms. The number of aliphatic hydroxyl groups excluding tert-OH is 1. The summed E-state index contributed by atoms with van der Waals surface area (Å²) in [6.07, 6.45) is 2.38. The lowest BCUT2D eigenvalue weighted by atomic mass is 10.1. The molecule has 1 rings (SSSR count). The van der Waals surface area contributed by atoms with Crippen LogP contribution in [0.1, 0.15) is 33.6 Å². The first-order valence-electron chi connectivity index (χ1n) is 6.25. The molecule has 15 heavy (non-hydrogen) atoms. The van der Waals surface area contributed by atoms with Gasteiger partial charge in [0.1, 0.15) is 0 Å². The second-order valence-corrected chi connectivity index (χ2v) is 4.91. The third-order valence-electron chi connectivity index (χ3n) is 3.39. The minimum Gasteiger partial charge on any atom is -0.395 e. The highest BCUT2D eigenvalue weighted by Crippen LogP contribution is 2.22. The largest absolute Gasteiger partial charge is 0.395 e. The molecule has 1 aliphatic heterocycles. The first-order valence-corrected chi connectivity index (χ1v) is 6.25. The van der Waals surface area contributed by atoms with Gasteiger partial charge in [0, 0.05) is 18.6 Å². The van der Waals surface area contributed by atoms with Crippen molar-refractivity contribution in [2.24, 2.45) is 5.92 Å². The van der Waals surface area contributed by atoms with Gasteiger partial charge in [0.05, 0.1) is 6.61 Å². The maximum absolute atomic E-state index is 9.17. The lowest BCUT2D eigenvalue weighted by Gasteiger charge is -2.24. The van der Waals surface area contributed by atoms with Gasteiger partial charge >= 0.3 is 0 Å². The van der Waals surface area contributed by atoms with Crippen LogP contribution in [0, 0.1) is 5.92 Å². The van der Waals surface area contributed by atoms with Gasteiger partial charge in [0.2, 0.25) is 0 Å². The van der Waals surface area contributed by atoms with Crippen LogP contribution in [0.5, 0.6) is 0 Å². The van der Waals surface area contributed by atoms with Crippen molar-refractivity contribution in [1.29, 1.82) is 0 Å². The molecule has 3 unspecified atom stereocenters. The number of likely N-dealkylation sites (N-methyl/N-ethyl adjacent to an activating group) is 1. The van der Waals surface area contributed by atoms with Crippen LogP contribution in [0.3, 0.4) is 0 Å². The zero-order chi connectivity index (χ0) is 11.3. The molecule has 1 heterocycles. The average Bonchev–Trinajstić information content (AvgIpc) is 2.52. The van der Waals surface area contributed by atoms with Crippen molar-refractivity contribution in [3.05, 3.63) is 0 Å². The van der Waals surface area contributed by atoms with Crippen molar-refractivity contribution < 1.29 is 5.11 Å². The molecule has 3 atom stereocenters. The van der Waals surface area contributed by atoms with Gasteiger partial charge in [-0.15, -0.1) is 0 Å². The second-order valence-electron chi connectivity index (χ2n) is 4.91. The Morgan fingerprint density at radius 3 is 2.67 bits per heavy atom. The van der Waals surface area contributed by atoms with Crippen molar-refractivity contribution in [3.8, 4) is 0 Å². The molecular weight excluding hydrogens is 188 g/mol. The van der Waals surface area contributed by atoms with Gasteiger partial charge in [-0.25, -0.2) is 0 Å². The fourth-order valence-corrected chi connectivity index (χ4v) is 2.57. The van der Waals surface area contributed by atoms with E-state index in [4.69, 9.17) is 5.11 Å². The number of likely N-dealkylation sites (tertiary alicyclic amines) is 1. The molecule has 0 amide bonds. The fourth-order valence-electron chi connectivity index (χ4n) is 2.57. The predicted octanol–water partition coefficient (Wildman–Crippen LogP) is 1.08. The molecule has 3 nitrogen and oxygen atoms in total. The van der Waals surface area contributed by atoms with E-state index in [9.17, 15) is 0 Å². The van der Waals surface area contributed by atoms with Crippen LogP contribution < -0.4 is 5.32 Å². The average molecular weight is 214 g/mol. The molecule has 1 saturated heterocycles. The van der Waals surface area contributed by atoms with Crippen molar-refractivity contribution in [2.75, 3.05) is 26.2 Å². The summed E-state index contributed by atoms with van der Waals surface area (Å²) in [5.41, 5.74) is 0. The monoisotopic (exact) mass is 214 g/mol. The Bertz CT molecular complexity index is 175. The zero-order valence-electron chi connectivity index (χ0n) is 10.4. The van der Waals surface area contributed by atoms with Gasteiger partial charge in [-0.3, -0.25) is 0 Å². The second kappa shape index (κ2) is 6.46. The third kappa shape index (κ3) is 4.09. The molecule has 1 aliphatic rings. The topological polar surface area (TPSA) is 35.5 Å². The molecule has 0 aromatic heterocycles. The Morgan fingerprint density at radius 1 is 1.47 bits per heavy atom. The summed E-state index contributed by atoms with van der Waals surface area (Å²) >= 11 is 0. The molecule has 90 valence electrons. The van der Waals surface area contributed by atoms with Crippen LogP contribution in [0.25, 0.3) is 0 Å². The van der Waals surface area contributed by atoms with E-state index in [1.165, 1.54) is 13.0 Å². The summed E-state index contributed by atoms with van der Waals surface area (Å²) in [4.78, 5) is 2.55.